The molecule has 0 aliphatic heterocycles. The van der Waals surface area contributed by atoms with Crippen molar-refractivity contribution in [2.45, 2.75) is 32.7 Å². The number of imidazole rings is 1. The molecular weight excluding hydrogens is 210 g/mol. The van der Waals surface area contributed by atoms with Gasteiger partial charge in [0.2, 0.25) is 0 Å². The normalized spacial score (nSPS) is 13.7. The molecule has 0 unspecified atom stereocenters. The molecule has 0 fully saturated rings. The summed E-state index contributed by atoms with van der Waals surface area (Å²) in [5.74, 6) is 0. The highest BCUT2D eigenvalue weighted by atomic mass is 14.9. The van der Waals surface area contributed by atoms with Crippen molar-refractivity contribution in [3.8, 4) is 0 Å². The topological polar surface area (TPSA) is 40.7 Å². The SMILES string of the molecule is Cc1[nH]cnc1CNc1ccc2c(c1)CCC2. The maximum absolute atomic E-state index is 4.29. The molecule has 3 heteroatoms. The van der Waals surface area contributed by atoms with E-state index in [1.54, 1.807) is 6.33 Å². The number of H-pyrrole nitrogens is 1. The molecule has 0 atom stereocenters. The molecule has 88 valence electrons. The van der Waals surface area contributed by atoms with Crippen molar-refractivity contribution in [2.75, 3.05) is 5.32 Å². The smallest absolute Gasteiger partial charge is 0.0925 e. The number of hydrogen-bond donors (Lipinski definition) is 2. The number of benzene rings is 1. The van der Waals surface area contributed by atoms with Crippen LogP contribution in [0.1, 0.15) is 28.9 Å². The van der Waals surface area contributed by atoms with E-state index in [0.29, 0.717) is 0 Å². The number of rotatable bonds is 3. The van der Waals surface area contributed by atoms with Crippen molar-refractivity contribution in [1.29, 1.82) is 0 Å². The van der Waals surface area contributed by atoms with E-state index in [2.05, 4.69) is 33.5 Å². The molecule has 3 nitrogen and oxygen atoms in total. The van der Waals surface area contributed by atoms with Gasteiger partial charge in [-0.3, -0.25) is 0 Å². The Morgan fingerprint density at radius 3 is 3.00 bits per heavy atom. The van der Waals surface area contributed by atoms with Gasteiger partial charge in [-0.25, -0.2) is 4.98 Å². The zero-order valence-corrected chi connectivity index (χ0v) is 10.1. The number of aryl methyl sites for hydroxylation is 3. The minimum absolute atomic E-state index is 0.786. The highest BCUT2D eigenvalue weighted by Gasteiger charge is 2.10. The molecule has 1 aromatic heterocycles. The average molecular weight is 227 g/mol. The number of nitrogens with zero attached hydrogens (tertiary/aromatic N) is 1. The summed E-state index contributed by atoms with van der Waals surface area (Å²) in [5.41, 5.74) is 6.46. The molecule has 0 radical (unpaired) electrons. The molecule has 1 aromatic carbocycles. The Bertz CT molecular complexity index is 528. The van der Waals surface area contributed by atoms with Crippen LogP contribution >= 0.6 is 0 Å². The first-order valence-corrected chi connectivity index (χ1v) is 6.17. The van der Waals surface area contributed by atoms with Crippen LogP contribution in [0.2, 0.25) is 0 Å². The van der Waals surface area contributed by atoms with Crippen molar-refractivity contribution in [3.05, 3.63) is 47.0 Å². The van der Waals surface area contributed by atoms with Crippen LogP contribution in [-0.2, 0) is 19.4 Å². The fourth-order valence-electron chi connectivity index (χ4n) is 2.43. The molecular formula is C14H17N3. The van der Waals surface area contributed by atoms with Crippen LogP contribution in [0, 0.1) is 6.92 Å². The van der Waals surface area contributed by atoms with E-state index in [4.69, 9.17) is 0 Å². The van der Waals surface area contributed by atoms with Gasteiger partial charge in [-0.2, -0.15) is 0 Å². The van der Waals surface area contributed by atoms with Gasteiger partial charge in [0.25, 0.3) is 0 Å². The number of hydrogen-bond acceptors (Lipinski definition) is 2. The molecule has 0 bridgehead atoms. The third-order valence-electron chi connectivity index (χ3n) is 3.49. The van der Waals surface area contributed by atoms with Crippen molar-refractivity contribution < 1.29 is 0 Å². The van der Waals surface area contributed by atoms with Crippen LogP contribution < -0.4 is 5.32 Å². The van der Waals surface area contributed by atoms with Gasteiger partial charge >= 0.3 is 0 Å². The van der Waals surface area contributed by atoms with Crippen LogP contribution in [0.25, 0.3) is 0 Å². The fraction of sp³-hybridized carbons (Fsp3) is 0.357. The quantitative estimate of drug-likeness (QED) is 0.846. The Hall–Kier alpha value is -1.77. The second kappa shape index (κ2) is 4.24. The van der Waals surface area contributed by atoms with Crippen LogP contribution in [0.3, 0.4) is 0 Å². The van der Waals surface area contributed by atoms with Crippen LogP contribution in [0.15, 0.2) is 24.5 Å². The summed E-state index contributed by atoms with van der Waals surface area (Å²) in [6.45, 7) is 2.83. The molecule has 2 aromatic rings. The van der Waals surface area contributed by atoms with Gasteiger partial charge < -0.3 is 10.3 Å². The van der Waals surface area contributed by atoms with E-state index < -0.39 is 0 Å². The molecule has 1 heterocycles. The summed E-state index contributed by atoms with van der Waals surface area (Å²) >= 11 is 0. The van der Waals surface area contributed by atoms with Crippen LogP contribution in [-0.4, -0.2) is 9.97 Å². The lowest BCUT2D eigenvalue weighted by Crippen LogP contribution is -2.01. The molecule has 1 aliphatic rings. The van der Waals surface area contributed by atoms with Crippen LogP contribution in [0.5, 0.6) is 0 Å². The lowest BCUT2D eigenvalue weighted by Gasteiger charge is -2.07. The Kier molecular flexibility index (Phi) is 2.59. The first-order chi connectivity index (χ1) is 8.33. The first-order valence-electron chi connectivity index (χ1n) is 6.17. The van der Waals surface area contributed by atoms with Gasteiger partial charge in [-0.1, -0.05) is 6.07 Å². The lowest BCUT2D eigenvalue weighted by molar-refractivity contribution is 0.911. The Balaban J connectivity index is 1.72. The number of aromatic amines is 1. The molecule has 0 saturated heterocycles. The molecule has 0 saturated carbocycles. The van der Waals surface area contributed by atoms with Gasteiger partial charge in [-0.05, 0) is 49.4 Å². The highest BCUT2D eigenvalue weighted by Crippen LogP contribution is 2.25. The van der Waals surface area contributed by atoms with Crippen molar-refractivity contribution >= 4 is 5.69 Å². The predicted octanol–water partition coefficient (Wildman–Crippen LogP) is 2.82. The monoisotopic (exact) mass is 227 g/mol. The summed E-state index contributed by atoms with van der Waals surface area (Å²) in [7, 11) is 0. The van der Waals surface area contributed by atoms with E-state index in [9.17, 15) is 0 Å². The third kappa shape index (κ3) is 2.05. The summed E-state index contributed by atoms with van der Waals surface area (Å²) in [4.78, 5) is 7.38. The standard InChI is InChI=1S/C14H17N3/c1-10-14(17-9-16-10)8-15-13-6-5-11-3-2-4-12(11)7-13/h5-7,9,15H,2-4,8H2,1H3,(H,16,17). The van der Waals surface area contributed by atoms with Crippen molar-refractivity contribution in [1.82, 2.24) is 9.97 Å². The Labute approximate surface area is 101 Å². The van der Waals surface area contributed by atoms with Gasteiger partial charge in [-0.15, -0.1) is 0 Å². The van der Waals surface area contributed by atoms with E-state index >= 15 is 0 Å². The first kappa shape index (κ1) is 10.4. The number of fused-ring (bicyclic) bond motifs is 1. The molecule has 0 amide bonds. The Morgan fingerprint density at radius 2 is 2.18 bits per heavy atom. The summed E-state index contributed by atoms with van der Waals surface area (Å²) in [5, 5.41) is 3.44. The summed E-state index contributed by atoms with van der Waals surface area (Å²) in [6, 6.07) is 6.71. The van der Waals surface area contributed by atoms with Gasteiger partial charge in [0.05, 0.1) is 18.6 Å². The van der Waals surface area contributed by atoms with E-state index in [1.807, 2.05) is 6.92 Å². The highest BCUT2D eigenvalue weighted by molar-refractivity contribution is 5.50. The van der Waals surface area contributed by atoms with E-state index in [1.165, 1.54) is 36.1 Å². The van der Waals surface area contributed by atoms with Gasteiger partial charge in [0.1, 0.15) is 0 Å². The molecule has 3 rings (SSSR count). The van der Waals surface area contributed by atoms with Gasteiger partial charge in [0.15, 0.2) is 0 Å². The second-order valence-electron chi connectivity index (χ2n) is 4.66. The average Bonchev–Trinajstić information content (AvgIpc) is 2.94. The summed E-state index contributed by atoms with van der Waals surface area (Å²) < 4.78 is 0. The number of nitrogens with one attached hydrogen (secondary N) is 2. The largest absolute Gasteiger partial charge is 0.379 e. The van der Waals surface area contributed by atoms with E-state index in [-0.39, 0.29) is 0 Å². The van der Waals surface area contributed by atoms with Crippen molar-refractivity contribution in [3.63, 3.8) is 0 Å². The maximum atomic E-state index is 4.29. The molecule has 2 N–H and O–H groups in total. The molecule has 0 spiro atoms. The zero-order valence-electron chi connectivity index (χ0n) is 10.1. The predicted molar refractivity (Wildman–Crippen MR) is 69.1 cm³/mol. The number of aromatic nitrogens is 2. The second-order valence-corrected chi connectivity index (χ2v) is 4.66. The minimum Gasteiger partial charge on any atom is -0.379 e. The minimum atomic E-state index is 0.786. The molecule has 17 heavy (non-hydrogen) atoms. The van der Waals surface area contributed by atoms with Crippen molar-refractivity contribution in [2.24, 2.45) is 0 Å². The lowest BCUT2D eigenvalue weighted by atomic mass is 10.1. The maximum Gasteiger partial charge on any atom is 0.0925 e. The third-order valence-corrected chi connectivity index (χ3v) is 3.49. The van der Waals surface area contributed by atoms with Crippen LogP contribution in [0.4, 0.5) is 5.69 Å². The number of anilines is 1. The summed E-state index contributed by atoms with van der Waals surface area (Å²) in [6.07, 6.45) is 5.52. The molecule has 1 aliphatic carbocycles. The Morgan fingerprint density at radius 1 is 1.29 bits per heavy atom. The fourth-order valence-corrected chi connectivity index (χ4v) is 2.43. The van der Waals surface area contributed by atoms with Gasteiger partial charge in [0, 0.05) is 11.4 Å². The van der Waals surface area contributed by atoms with E-state index in [0.717, 1.165) is 17.9 Å². The zero-order chi connectivity index (χ0) is 11.7.